The number of esters is 2. The van der Waals surface area contributed by atoms with Crippen LogP contribution in [0.3, 0.4) is 0 Å². The summed E-state index contributed by atoms with van der Waals surface area (Å²) in [5, 5.41) is 34.7. The SMILES string of the molecule is C=Cc1ccc(OC(CC(CCO)OC(C)=O)C(=O)OC)c([N+](=O)[O-])c1.CC(=O)O.CC=O.CO. The molecule has 0 aliphatic carbocycles. The highest BCUT2D eigenvalue weighted by atomic mass is 16.6. The van der Waals surface area contributed by atoms with E-state index in [9.17, 15) is 19.7 Å². The maximum absolute atomic E-state index is 12.0. The zero-order chi connectivity index (χ0) is 28.0. The summed E-state index contributed by atoms with van der Waals surface area (Å²) in [6.45, 7) is 6.98. The number of carboxylic acid groups (broad SMARTS) is 1. The van der Waals surface area contributed by atoms with E-state index in [0.29, 0.717) is 5.56 Å². The standard InChI is InChI=1S/C17H21NO8.C2H4O2.C2H4O.CH4O/c1-4-12-5-6-15(14(9-12)18(22)23)26-16(17(21)24-3)10-13(7-8-19)25-11(2)20;1-2(3)4;1-2-3;1-2/h4-6,9,13,16,19H,1,7-8,10H2,2-3H3;1H3,(H,3,4);2H,1H3;2H,1H3. The van der Waals surface area contributed by atoms with Crippen molar-refractivity contribution in [1.82, 2.24) is 0 Å². The predicted molar refractivity (Wildman–Crippen MR) is 125 cm³/mol. The molecule has 0 fully saturated rings. The van der Waals surface area contributed by atoms with Crippen LogP contribution in [0.2, 0.25) is 0 Å². The molecule has 0 heterocycles. The van der Waals surface area contributed by atoms with Crippen LogP contribution in [0.5, 0.6) is 5.75 Å². The number of methoxy groups -OCH3 is 1. The van der Waals surface area contributed by atoms with Crippen molar-refractivity contribution in [2.24, 2.45) is 0 Å². The van der Waals surface area contributed by atoms with E-state index in [0.717, 1.165) is 27.4 Å². The van der Waals surface area contributed by atoms with Gasteiger partial charge < -0.3 is 34.3 Å². The molecule has 0 aliphatic rings. The Kier molecular flexibility index (Phi) is 22.4. The molecular weight excluding hydrogens is 470 g/mol. The number of carbonyl (C=O) groups excluding carboxylic acids is 3. The molecule has 0 radical (unpaired) electrons. The van der Waals surface area contributed by atoms with Gasteiger partial charge in [-0.15, -0.1) is 0 Å². The Morgan fingerprint density at radius 3 is 2.11 bits per heavy atom. The first-order chi connectivity index (χ1) is 16.5. The molecule has 1 aromatic rings. The van der Waals surface area contributed by atoms with Crippen LogP contribution in [0, 0.1) is 10.1 Å². The largest absolute Gasteiger partial charge is 0.481 e. The molecule has 2 unspecified atom stereocenters. The van der Waals surface area contributed by atoms with E-state index in [-0.39, 0.29) is 30.9 Å². The summed E-state index contributed by atoms with van der Waals surface area (Å²) in [4.78, 5) is 51.6. The molecule has 2 atom stereocenters. The molecular formula is C22H33NO12. The molecule has 0 aliphatic heterocycles. The second-order valence-electron chi connectivity index (χ2n) is 6.05. The quantitative estimate of drug-likeness (QED) is 0.181. The van der Waals surface area contributed by atoms with E-state index < -0.39 is 35.0 Å². The minimum Gasteiger partial charge on any atom is -0.481 e. The summed E-state index contributed by atoms with van der Waals surface area (Å²) in [6, 6.07) is 4.15. The molecule has 198 valence electrons. The third-order valence-corrected chi connectivity index (χ3v) is 3.41. The maximum atomic E-state index is 12.0. The minimum atomic E-state index is -1.26. The minimum absolute atomic E-state index is 0.0773. The Morgan fingerprint density at radius 1 is 1.23 bits per heavy atom. The van der Waals surface area contributed by atoms with Crippen molar-refractivity contribution >= 4 is 36.0 Å². The Morgan fingerprint density at radius 2 is 1.74 bits per heavy atom. The predicted octanol–water partition coefficient (Wildman–Crippen LogP) is 1.77. The van der Waals surface area contributed by atoms with Crippen LogP contribution in [-0.4, -0.2) is 77.5 Å². The van der Waals surface area contributed by atoms with Gasteiger partial charge in [0.2, 0.25) is 0 Å². The van der Waals surface area contributed by atoms with Gasteiger partial charge in [-0.05, 0) is 18.6 Å². The number of hydrogen-bond acceptors (Lipinski definition) is 11. The van der Waals surface area contributed by atoms with E-state index in [1.165, 1.54) is 32.1 Å². The van der Waals surface area contributed by atoms with Gasteiger partial charge >= 0.3 is 17.6 Å². The van der Waals surface area contributed by atoms with Crippen molar-refractivity contribution in [2.75, 3.05) is 20.8 Å². The molecule has 35 heavy (non-hydrogen) atoms. The number of hydrogen-bond donors (Lipinski definition) is 3. The number of ether oxygens (including phenoxy) is 3. The van der Waals surface area contributed by atoms with E-state index >= 15 is 0 Å². The molecule has 13 heteroatoms. The fraction of sp³-hybridized carbons (Fsp3) is 0.455. The lowest BCUT2D eigenvalue weighted by atomic mass is 10.1. The van der Waals surface area contributed by atoms with Crippen LogP contribution in [0.15, 0.2) is 24.8 Å². The first kappa shape index (κ1) is 35.7. The van der Waals surface area contributed by atoms with Crippen molar-refractivity contribution in [2.45, 2.75) is 45.8 Å². The Balaban J connectivity index is -0.000000985. The lowest BCUT2D eigenvalue weighted by Gasteiger charge is -2.22. The third kappa shape index (κ3) is 18.3. The van der Waals surface area contributed by atoms with Crippen LogP contribution in [0.25, 0.3) is 6.08 Å². The number of aliphatic carboxylic acids is 1. The van der Waals surface area contributed by atoms with E-state index in [2.05, 4.69) is 11.3 Å². The van der Waals surface area contributed by atoms with Gasteiger partial charge in [0, 0.05) is 46.5 Å². The zero-order valence-corrected chi connectivity index (χ0v) is 20.3. The summed E-state index contributed by atoms with van der Waals surface area (Å²) in [7, 11) is 2.14. The topological polar surface area (TPSA) is 200 Å². The van der Waals surface area contributed by atoms with Gasteiger partial charge in [-0.3, -0.25) is 19.7 Å². The van der Waals surface area contributed by atoms with Crippen LogP contribution in [0.4, 0.5) is 5.69 Å². The average molecular weight is 504 g/mol. The first-order valence-electron chi connectivity index (χ1n) is 9.94. The highest BCUT2D eigenvalue weighted by Crippen LogP contribution is 2.30. The van der Waals surface area contributed by atoms with Crippen molar-refractivity contribution in [3.63, 3.8) is 0 Å². The van der Waals surface area contributed by atoms with Crippen LogP contribution < -0.4 is 4.74 Å². The summed E-state index contributed by atoms with van der Waals surface area (Å²) in [5.74, 6) is -2.35. The number of nitrogens with zero attached hydrogens (tertiary/aromatic N) is 1. The second kappa shape index (κ2) is 22.0. The van der Waals surface area contributed by atoms with Crippen LogP contribution in [-0.2, 0) is 28.7 Å². The molecule has 0 saturated heterocycles. The van der Waals surface area contributed by atoms with Gasteiger partial charge in [-0.25, -0.2) is 4.79 Å². The molecule has 0 bridgehead atoms. The van der Waals surface area contributed by atoms with Crippen LogP contribution >= 0.6 is 0 Å². The van der Waals surface area contributed by atoms with Gasteiger partial charge in [-0.1, -0.05) is 18.7 Å². The number of aliphatic hydroxyl groups excluding tert-OH is 2. The van der Waals surface area contributed by atoms with Gasteiger partial charge in [-0.2, -0.15) is 0 Å². The Bertz CT molecular complexity index is 806. The monoisotopic (exact) mass is 503 g/mol. The number of benzene rings is 1. The van der Waals surface area contributed by atoms with Crippen molar-refractivity contribution in [3.05, 3.63) is 40.5 Å². The van der Waals surface area contributed by atoms with E-state index in [1.807, 2.05) is 0 Å². The normalized spacial score (nSPS) is 10.6. The van der Waals surface area contributed by atoms with Crippen LogP contribution in [0.1, 0.15) is 39.2 Å². The number of nitro groups is 1. The number of carboxylic acids is 1. The zero-order valence-electron chi connectivity index (χ0n) is 20.3. The van der Waals surface area contributed by atoms with E-state index in [1.54, 1.807) is 6.07 Å². The molecule has 0 amide bonds. The fourth-order valence-corrected chi connectivity index (χ4v) is 2.22. The van der Waals surface area contributed by atoms with Crippen molar-refractivity contribution < 1.29 is 53.6 Å². The number of rotatable bonds is 10. The number of aliphatic hydroxyl groups is 2. The summed E-state index contributed by atoms with van der Waals surface area (Å²) in [6.07, 6.45) is 0.0606. The summed E-state index contributed by atoms with van der Waals surface area (Å²) < 4.78 is 15.2. The lowest BCUT2D eigenvalue weighted by molar-refractivity contribution is -0.386. The fourth-order valence-electron chi connectivity index (χ4n) is 2.22. The molecule has 0 aromatic heterocycles. The smallest absolute Gasteiger partial charge is 0.347 e. The maximum Gasteiger partial charge on any atom is 0.347 e. The summed E-state index contributed by atoms with van der Waals surface area (Å²) >= 11 is 0. The molecule has 3 N–H and O–H groups in total. The average Bonchev–Trinajstić information content (AvgIpc) is 2.79. The third-order valence-electron chi connectivity index (χ3n) is 3.41. The number of aldehydes is 1. The molecule has 1 aromatic carbocycles. The molecule has 13 nitrogen and oxygen atoms in total. The van der Waals surface area contributed by atoms with Crippen molar-refractivity contribution in [3.8, 4) is 5.75 Å². The van der Waals surface area contributed by atoms with E-state index in [4.69, 9.17) is 34.4 Å². The van der Waals surface area contributed by atoms with Gasteiger partial charge in [0.05, 0.1) is 12.0 Å². The molecule has 0 saturated carbocycles. The van der Waals surface area contributed by atoms with Gasteiger partial charge in [0.25, 0.3) is 5.97 Å². The summed E-state index contributed by atoms with van der Waals surface area (Å²) in [5.41, 5.74) is 0.166. The van der Waals surface area contributed by atoms with Crippen molar-refractivity contribution in [1.29, 1.82) is 0 Å². The molecule has 0 spiro atoms. The van der Waals surface area contributed by atoms with Gasteiger partial charge in [0.1, 0.15) is 12.4 Å². The molecule has 1 rings (SSSR count). The first-order valence-corrected chi connectivity index (χ1v) is 9.94. The number of nitro benzene ring substituents is 1. The Hall–Kier alpha value is -3.84. The Labute approximate surface area is 203 Å². The lowest BCUT2D eigenvalue weighted by Crippen LogP contribution is -2.34. The highest BCUT2D eigenvalue weighted by molar-refractivity contribution is 5.75. The van der Waals surface area contributed by atoms with Gasteiger partial charge in [0.15, 0.2) is 11.9 Å². The second-order valence-corrected chi connectivity index (χ2v) is 6.05. The number of carbonyl (C=O) groups is 4. The highest BCUT2D eigenvalue weighted by Gasteiger charge is 2.29.